The summed E-state index contributed by atoms with van der Waals surface area (Å²) < 4.78 is 35.2. The number of sulfone groups is 1. The van der Waals surface area contributed by atoms with Gasteiger partial charge < -0.3 is 19.8 Å². The van der Waals surface area contributed by atoms with Crippen molar-refractivity contribution in [3.63, 3.8) is 0 Å². The number of ether oxygens (including phenoxy) is 2. The van der Waals surface area contributed by atoms with Gasteiger partial charge in [-0.15, -0.1) is 0 Å². The van der Waals surface area contributed by atoms with Crippen molar-refractivity contribution < 1.29 is 17.9 Å². The fourth-order valence-corrected chi connectivity index (χ4v) is 3.42. The molecule has 0 fully saturated rings. The van der Waals surface area contributed by atoms with Gasteiger partial charge in [0.25, 0.3) is 0 Å². The van der Waals surface area contributed by atoms with Crippen LogP contribution < -0.4 is 5.73 Å². The number of hydrogen-bond acceptors (Lipinski definition) is 7. The van der Waals surface area contributed by atoms with Gasteiger partial charge in [0.2, 0.25) is 0 Å². The number of nitrogens with zero attached hydrogens (tertiary/aromatic N) is 3. The van der Waals surface area contributed by atoms with E-state index in [1.54, 1.807) is 7.11 Å². The molecule has 3 aromatic rings. The molecule has 146 valence electrons. The van der Waals surface area contributed by atoms with E-state index in [1.807, 2.05) is 24.3 Å². The van der Waals surface area contributed by atoms with Crippen LogP contribution in [0.3, 0.4) is 0 Å². The number of methoxy groups -OCH3 is 1. The van der Waals surface area contributed by atoms with Crippen LogP contribution in [0.2, 0.25) is 0 Å². The predicted octanol–water partition coefficient (Wildman–Crippen LogP) is 1.42. The number of fused-ring (bicyclic) bond motifs is 3. The Hall–Kier alpha value is -2.23. The molecule has 2 N–H and O–H groups in total. The van der Waals surface area contributed by atoms with Crippen molar-refractivity contribution in [1.82, 2.24) is 14.5 Å². The molecule has 2 heterocycles. The zero-order valence-corrected chi connectivity index (χ0v) is 16.3. The van der Waals surface area contributed by atoms with Crippen molar-refractivity contribution >= 4 is 37.6 Å². The lowest BCUT2D eigenvalue weighted by Gasteiger charge is -2.11. The number of benzene rings is 1. The van der Waals surface area contributed by atoms with Crippen LogP contribution >= 0.6 is 0 Å². The van der Waals surface area contributed by atoms with Gasteiger partial charge in [0.15, 0.2) is 5.82 Å². The van der Waals surface area contributed by atoms with Crippen LogP contribution in [-0.4, -0.2) is 61.9 Å². The number of anilines is 1. The average Bonchev–Trinajstić information content (AvgIpc) is 2.98. The summed E-state index contributed by atoms with van der Waals surface area (Å²) in [5.41, 5.74) is 8.52. The second kappa shape index (κ2) is 8.20. The molecule has 1 aromatic carbocycles. The number of nitrogens with two attached hydrogens (primary N) is 1. The molecule has 27 heavy (non-hydrogen) atoms. The Morgan fingerprint density at radius 1 is 1.15 bits per heavy atom. The van der Waals surface area contributed by atoms with Gasteiger partial charge in [-0.05, 0) is 6.07 Å². The molecule has 2 aromatic heterocycles. The van der Waals surface area contributed by atoms with E-state index in [-0.39, 0.29) is 12.4 Å². The summed E-state index contributed by atoms with van der Waals surface area (Å²) in [6.07, 6.45) is 1.83. The van der Waals surface area contributed by atoms with Gasteiger partial charge >= 0.3 is 0 Å². The average molecular weight is 392 g/mol. The molecule has 0 aliphatic carbocycles. The van der Waals surface area contributed by atoms with Crippen LogP contribution in [0.15, 0.2) is 24.3 Å². The first kappa shape index (κ1) is 19.5. The molecule has 8 nitrogen and oxygen atoms in total. The molecule has 0 saturated carbocycles. The molecule has 0 atom stereocenters. The Bertz CT molecular complexity index is 1050. The summed E-state index contributed by atoms with van der Waals surface area (Å²) in [4.78, 5) is 9.13. The van der Waals surface area contributed by atoms with Crippen molar-refractivity contribution in [3.8, 4) is 0 Å². The molecular weight excluding hydrogens is 368 g/mol. The Labute approximate surface area is 158 Å². The van der Waals surface area contributed by atoms with Crippen LogP contribution in [0.1, 0.15) is 5.82 Å². The minimum absolute atomic E-state index is 0.00794. The van der Waals surface area contributed by atoms with Crippen LogP contribution in [0.5, 0.6) is 0 Å². The summed E-state index contributed by atoms with van der Waals surface area (Å²) in [7, 11) is -1.39. The first-order valence-electron chi connectivity index (χ1n) is 8.68. The van der Waals surface area contributed by atoms with E-state index in [4.69, 9.17) is 15.2 Å². The number of rotatable bonds is 9. The van der Waals surface area contributed by atoms with Gasteiger partial charge in [-0.25, -0.2) is 18.4 Å². The van der Waals surface area contributed by atoms with Gasteiger partial charge in [-0.2, -0.15) is 0 Å². The summed E-state index contributed by atoms with van der Waals surface area (Å²) in [5, 5.41) is 0.967. The fourth-order valence-electron chi connectivity index (χ4n) is 3.00. The van der Waals surface area contributed by atoms with Crippen LogP contribution in [0.4, 0.5) is 5.82 Å². The lowest BCUT2D eigenvalue weighted by Crippen LogP contribution is -2.15. The third kappa shape index (κ3) is 4.55. The number of aromatic nitrogens is 3. The van der Waals surface area contributed by atoms with Crippen molar-refractivity contribution in [2.75, 3.05) is 44.7 Å². The van der Waals surface area contributed by atoms with E-state index < -0.39 is 9.84 Å². The minimum Gasteiger partial charge on any atom is -0.384 e. The maximum absolute atomic E-state index is 11.2. The summed E-state index contributed by atoms with van der Waals surface area (Å²) in [5.74, 6) is 1.23. The number of para-hydroxylation sites is 1. The molecule has 0 spiro atoms. The molecule has 0 radical (unpaired) electrons. The number of pyridine rings is 1. The first-order chi connectivity index (χ1) is 12.9. The highest BCUT2D eigenvalue weighted by atomic mass is 32.2. The number of hydrogen-bond donors (Lipinski definition) is 1. The molecule has 0 saturated heterocycles. The van der Waals surface area contributed by atoms with Gasteiger partial charge in [-0.1, -0.05) is 18.2 Å². The minimum atomic E-state index is -3.03. The van der Waals surface area contributed by atoms with E-state index in [1.165, 1.54) is 6.26 Å². The van der Waals surface area contributed by atoms with Gasteiger partial charge in [0, 0.05) is 31.7 Å². The third-order valence-corrected chi connectivity index (χ3v) is 5.19. The van der Waals surface area contributed by atoms with Crippen LogP contribution in [0.25, 0.3) is 21.9 Å². The lowest BCUT2D eigenvalue weighted by atomic mass is 10.2. The highest BCUT2D eigenvalue weighted by molar-refractivity contribution is 7.90. The van der Waals surface area contributed by atoms with Gasteiger partial charge in [0.05, 0.1) is 36.6 Å². The first-order valence-corrected chi connectivity index (χ1v) is 10.7. The summed E-state index contributed by atoms with van der Waals surface area (Å²) in [6.45, 7) is 1.61. The second-order valence-electron chi connectivity index (χ2n) is 6.38. The Morgan fingerprint density at radius 2 is 1.93 bits per heavy atom. The molecule has 0 bridgehead atoms. The van der Waals surface area contributed by atoms with Crippen LogP contribution in [0, 0.1) is 0 Å². The quantitative estimate of drug-likeness (QED) is 0.548. The molecule has 3 rings (SSSR count). The summed E-state index contributed by atoms with van der Waals surface area (Å²) in [6, 6.07) is 7.78. The van der Waals surface area contributed by atoms with E-state index in [2.05, 4.69) is 14.5 Å². The zero-order valence-electron chi connectivity index (χ0n) is 15.5. The Morgan fingerprint density at radius 3 is 2.67 bits per heavy atom. The van der Waals surface area contributed by atoms with Crippen LogP contribution in [-0.2, 0) is 32.3 Å². The maximum Gasteiger partial charge on any atom is 0.152 e. The predicted molar refractivity (Wildman–Crippen MR) is 106 cm³/mol. The molecule has 9 heteroatoms. The lowest BCUT2D eigenvalue weighted by molar-refractivity contribution is 0.140. The smallest absolute Gasteiger partial charge is 0.152 e. The van der Waals surface area contributed by atoms with E-state index in [0.717, 1.165) is 22.2 Å². The fraction of sp³-hybridized carbons (Fsp3) is 0.444. The van der Waals surface area contributed by atoms with E-state index in [0.29, 0.717) is 37.5 Å². The molecule has 0 amide bonds. The molecule has 0 aliphatic rings. The largest absolute Gasteiger partial charge is 0.384 e. The number of nitrogen functional groups attached to an aromatic ring is 1. The third-order valence-electron chi connectivity index (χ3n) is 4.28. The van der Waals surface area contributed by atoms with Gasteiger partial charge in [-0.3, -0.25) is 0 Å². The topological polar surface area (TPSA) is 109 Å². The SMILES string of the molecule is COCCc1nc2c(N)nc3ccccc3c2n1CCOCCS(C)(=O)=O. The zero-order chi connectivity index (χ0) is 19.4. The summed E-state index contributed by atoms with van der Waals surface area (Å²) >= 11 is 0. The highest BCUT2D eigenvalue weighted by Gasteiger charge is 2.17. The van der Waals surface area contributed by atoms with Crippen molar-refractivity contribution in [1.29, 1.82) is 0 Å². The highest BCUT2D eigenvalue weighted by Crippen LogP contribution is 2.28. The standard InChI is InChI=1S/C18H24N4O4S/c1-25-9-7-15-21-16-17(13-5-3-4-6-14(13)20-18(16)19)22(15)8-10-26-11-12-27(2,23)24/h3-6H,7-12H2,1-2H3,(H2,19,20). The maximum atomic E-state index is 11.2. The van der Waals surface area contributed by atoms with Crippen molar-refractivity contribution in [2.45, 2.75) is 13.0 Å². The molecular formula is C18H24N4O4S. The van der Waals surface area contributed by atoms with Gasteiger partial charge in [0.1, 0.15) is 21.2 Å². The Kier molecular flexibility index (Phi) is 5.93. The monoisotopic (exact) mass is 392 g/mol. The number of imidazole rings is 1. The normalized spacial score (nSPS) is 12.2. The van der Waals surface area contributed by atoms with Crippen molar-refractivity contribution in [3.05, 3.63) is 30.1 Å². The second-order valence-corrected chi connectivity index (χ2v) is 8.64. The molecule has 0 aliphatic heterocycles. The van der Waals surface area contributed by atoms with Crippen molar-refractivity contribution in [2.24, 2.45) is 0 Å². The Balaban J connectivity index is 1.94. The molecule has 0 unspecified atom stereocenters. The van der Waals surface area contributed by atoms with E-state index >= 15 is 0 Å². The van der Waals surface area contributed by atoms with E-state index in [9.17, 15) is 8.42 Å².